The van der Waals surface area contributed by atoms with E-state index in [1.54, 1.807) is 6.92 Å². The van der Waals surface area contributed by atoms with Gasteiger partial charge in [-0.3, -0.25) is 4.79 Å². The van der Waals surface area contributed by atoms with E-state index in [1.807, 2.05) is 0 Å². The minimum Gasteiger partial charge on any atom is -0.507 e. The zero-order valence-electron chi connectivity index (χ0n) is 13.0. The predicted molar refractivity (Wildman–Crippen MR) is 78.0 cm³/mol. The highest BCUT2D eigenvalue weighted by Gasteiger charge is 2.27. The molecule has 0 spiro atoms. The Bertz CT molecular complexity index is 872. The molecule has 0 aliphatic heterocycles. The summed E-state index contributed by atoms with van der Waals surface area (Å²) in [4.78, 5) is 23.4. The summed E-state index contributed by atoms with van der Waals surface area (Å²) >= 11 is 0. The number of ether oxygens (including phenoxy) is 1. The van der Waals surface area contributed by atoms with Gasteiger partial charge in [0.2, 0.25) is 5.82 Å². The van der Waals surface area contributed by atoms with Crippen molar-refractivity contribution in [1.29, 1.82) is 0 Å². The highest BCUT2D eigenvalue weighted by molar-refractivity contribution is 5.97. The molecule has 1 amide bonds. The van der Waals surface area contributed by atoms with Crippen molar-refractivity contribution < 1.29 is 41.4 Å². The molecule has 138 valence electrons. The molecule has 2 rings (SSSR count). The van der Waals surface area contributed by atoms with Gasteiger partial charge in [-0.2, -0.15) is 0 Å². The molecule has 2 aromatic rings. The third-order valence-electron chi connectivity index (χ3n) is 3.18. The van der Waals surface area contributed by atoms with E-state index in [4.69, 9.17) is 0 Å². The van der Waals surface area contributed by atoms with Crippen LogP contribution in [-0.4, -0.2) is 23.6 Å². The van der Waals surface area contributed by atoms with Crippen molar-refractivity contribution in [3.05, 3.63) is 58.4 Å². The summed E-state index contributed by atoms with van der Waals surface area (Å²) in [6.45, 7) is 0.526. The molecule has 0 aromatic heterocycles. The summed E-state index contributed by atoms with van der Waals surface area (Å²) < 4.78 is 70.4. The molecule has 0 atom stereocenters. The van der Waals surface area contributed by atoms with Gasteiger partial charge < -0.3 is 15.2 Å². The van der Waals surface area contributed by atoms with Gasteiger partial charge in [0, 0.05) is 0 Å². The Morgan fingerprint density at radius 1 is 1.00 bits per heavy atom. The first kappa shape index (κ1) is 19.2. The molecule has 10 heteroatoms. The molecule has 0 aliphatic carbocycles. The minimum atomic E-state index is -2.38. The number of hydrogen-bond acceptors (Lipinski definition) is 4. The molecule has 26 heavy (non-hydrogen) atoms. The van der Waals surface area contributed by atoms with Gasteiger partial charge in [-0.15, -0.1) is 0 Å². The highest BCUT2D eigenvalue weighted by Crippen LogP contribution is 2.27. The number of benzene rings is 2. The number of carbonyl (C=O) groups excluding carboxylic acids is 2. The number of phenols is 1. The summed E-state index contributed by atoms with van der Waals surface area (Å²) in [5.74, 6) is -14.2. The molecule has 5 nitrogen and oxygen atoms in total. The number of amides is 1. The van der Waals surface area contributed by atoms with Gasteiger partial charge in [-0.05, 0) is 19.1 Å². The summed E-state index contributed by atoms with van der Waals surface area (Å²) in [6, 6.07) is 3.97. The topological polar surface area (TPSA) is 75.6 Å². The van der Waals surface area contributed by atoms with E-state index in [0.717, 1.165) is 0 Å². The smallest absolute Gasteiger partial charge is 0.342 e. The van der Waals surface area contributed by atoms with E-state index >= 15 is 0 Å². The van der Waals surface area contributed by atoms with Crippen LogP contribution in [0, 0.1) is 36.0 Å². The first-order valence-corrected chi connectivity index (χ1v) is 6.91. The summed E-state index contributed by atoms with van der Waals surface area (Å²) in [5.41, 5.74) is -1.24. The molecule has 0 saturated carbocycles. The number of aryl methyl sites for hydroxylation is 1. The number of halogens is 5. The van der Waals surface area contributed by atoms with Gasteiger partial charge in [0.25, 0.3) is 5.91 Å². The lowest BCUT2D eigenvalue weighted by Crippen LogP contribution is -2.23. The third kappa shape index (κ3) is 3.73. The van der Waals surface area contributed by atoms with Crippen LogP contribution in [0.2, 0.25) is 0 Å². The Kier molecular flexibility index (Phi) is 5.44. The molecule has 2 N–H and O–H groups in total. The molecular formula is C16H10F5NO4. The minimum absolute atomic E-state index is 0.269. The summed E-state index contributed by atoms with van der Waals surface area (Å²) in [6.07, 6.45) is 0. The van der Waals surface area contributed by atoms with Crippen LogP contribution in [0.1, 0.15) is 15.9 Å². The maximum Gasteiger partial charge on any atom is 0.342 e. The van der Waals surface area contributed by atoms with Gasteiger partial charge in [0.1, 0.15) is 17.0 Å². The van der Waals surface area contributed by atoms with Crippen molar-refractivity contribution in [2.45, 2.75) is 6.92 Å². The van der Waals surface area contributed by atoms with E-state index in [-0.39, 0.29) is 5.56 Å². The van der Waals surface area contributed by atoms with Crippen LogP contribution in [0.3, 0.4) is 0 Å². The molecule has 0 unspecified atom stereocenters. The van der Waals surface area contributed by atoms with Crippen molar-refractivity contribution in [2.24, 2.45) is 0 Å². The Labute approximate surface area is 143 Å². The molecule has 0 saturated heterocycles. The number of rotatable bonds is 4. The first-order valence-electron chi connectivity index (χ1n) is 6.91. The monoisotopic (exact) mass is 375 g/mol. The fourth-order valence-corrected chi connectivity index (χ4v) is 1.91. The Balaban J connectivity index is 2.11. The number of carbonyl (C=O) groups is 2. The average molecular weight is 375 g/mol. The fourth-order valence-electron chi connectivity index (χ4n) is 1.91. The van der Waals surface area contributed by atoms with Crippen molar-refractivity contribution in [2.75, 3.05) is 11.9 Å². The van der Waals surface area contributed by atoms with Gasteiger partial charge >= 0.3 is 5.97 Å². The number of nitrogens with one attached hydrogen (secondary N) is 1. The lowest BCUT2D eigenvalue weighted by molar-refractivity contribution is -0.119. The van der Waals surface area contributed by atoms with Crippen LogP contribution >= 0.6 is 0 Å². The standard InChI is InChI=1S/C16H10F5NO4/c1-6-2-3-8(23)7(4-6)16(25)26-5-9(24)22-15-13(20)11(18)10(17)12(19)14(15)21/h2-4,23H,5H2,1H3,(H,22,24). The van der Waals surface area contributed by atoms with E-state index < -0.39 is 59.0 Å². The Morgan fingerprint density at radius 2 is 1.54 bits per heavy atom. The van der Waals surface area contributed by atoms with Crippen molar-refractivity contribution in [3.63, 3.8) is 0 Å². The van der Waals surface area contributed by atoms with Crippen LogP contribution in [0.4, 0.5) is 27.6 Å². The van der Waals surface area contributed by atoms with E-state index in [9.17, 15) is 36.6 Å². The van der Waals surface area contributed by atoms with E-state index in [1.165, 1.54) is 23.5 Å². The van der Waals surface area contributed by atoms with Gasteiger partial charge in [-0.1, -0.05) is 11.6 Å². The molecular weight excluding hydrogens is 365 g/mol. The maximum atomic E-state index is 13.4. The number of phenolic OH excluding ortho intramolecular Hbond substituents is 1. The lowest BCUT2D eigenvalue weighted by atomic mass is 10.1. The van der Waals surface area contributed by atoms with Crippen LogP contribution < -0.4 is 5.32 Å². The number of esters is 1. The average Bonchev–Trinajstić information content (AvgIpc) is 2.62. The summed E-state index contributed by atoms with van der Waals surface area (Å²) in [7, 11) is 0. The van der Waals surface area contributed by atoms with E-state index in [0.29, 0.717) is 5.56 Å². The zero-order chi connectivity index (χ0) is 19.6. The summed E-state index contributed by atoms with van der Waals surface area (Å²) in [5, 5.41) is 11.0. The van der Waals surface area contributed by atoms with Crippen molar-refractivity contribution in [3.8, 4) is 5.75 Å². The molecule has 0 fully saturated rings. The molecule has 0 heterocycles. The van der Waals surface area contributed by atoms with Gasteiger partial charge in [0.05, 0.1) is 0 Å². The lowest BCUT2D eigenvalue weighted by Gasteiger charge is -2.10. The SMILES string of the molecule is Cc1ccc(O)c(C(=O)OCC(=O)Nc2c(F)c(F)c(F)c(F)c2F)c1. The number of hydrogen-bond donors (Lipinski definition) is 2. The fraction of sp³-hybridized carbons (Fsp3) is 0.125. The van der Waals surface area contributed by atoms with Crippen molar-refractivity contribution >= 4 is 17.6 Å². The van der Waals surface area contributed by atoms with Gasteiger partial charge in [-0.25, -0.2) is 26.7 Å². The predicted octanol–water partition coefficient (Wildman–Crippen LogP) is 3.19. The van der Waals surface area contributed by atoms with Crippen LogP contribution in [-0.2, 0) is 9.53 Å². The second kappa shape index (κ2) is 7.38. The maximum absolute atomic E-state index is 13.4. The zero-order valence-corrected chi connectivity index (χ0v) is 13.0. The van der Waals surface area contributed by atoms with Crippen LogP contribution in [0.5, 0.6) is 5.75 Å². The normalized spacial score (nSPS) is 10.5. The van der Waals surface area contributed by atoms with Crippen LogP contribution in [0.15, 0.2) is 18.2 Å². The quantitative estimate of drug-likeness (QED) is 0.373. The second-order valence-electron chi connectivity index (χ2n) is 5.09. The van der Waals surface area contributed by atoms with E-state index in [2.05, 4.69) is 4.74 Å². The molecule has 0 bridgehead atoms. The Morgan fingerprint density at radius 3 is 2.12 bits per heavy atom. The molecule has 2 aromatic carbocycles. The Hall–Kier alpha value is -3.17. The number of anilines is 1. The highest BCUT2D eigenvalue weighted by atomic mass is 19.2. The molecule has 0 radical (unpaired) electrons. The van der Waals surface area contributed by atoms with Crippen LogP contribution in [0.25, 0.3) is 0 Å². The largest absolute Gasteiger partial charge is 0.507 e. The molecule has 0 aliphatic rings. The second-order valence-corrected chi connectivity index (χ2v) is 5.09. The third-order valence-corrected chi connectivity index (χ3v) is 3.18. The first-order chi connectivity index (χ1) is 12.1. The van der Waals surface area contributed by atoms with Gasteiger partial charge in [0.15, 0.2) is 29.9 Å². The number of aromatic hydroxyl groups is 1. The van der Waals surface area contributed by atoms with Crippen molar-refractivity contribution in [1.82, 2.24) is 0 Å².